The van der Waals surface area contributed by atoms with Gasteiger partial charge in [-0.1, -0.05) is 0 Å². The van der Waals surface area contributed by atoms with Crippen LogP contribution in [-0.2, 0) is 4.74 Å². The topological polar surface area (TPSA) is 29.5 Å². The molecule has 1 N–H and O–H groups in total. The highest BCUT2D eigenvalue weighted by atomic mass is 16.6. The standard InChI is InChI=1S/C5H7O2/c6-5-3-1-2-4-7-5/h4-6H,1,3H2. The van der Waals surface area contributed by atoms with E-state index < -0.39 is 6.29 Å². The van der Waals surface area contributed by atoms with Crippen LogP contribution in [-0.4, -0.2) is 11.4 Å². The van der Waals surface area contributed by atoms with Gasteiger partial charge in [0.05, 0.1) is 6.26 Å². The van der Waals surface area contributed by atoms with E-state index >= 15 is 0 Å². The smallest absolute Gasteiger partial charge is 0.196 e. The van der Waals surface area contributed by atoms with E-state index in [0.717, 1.165) is 6.42 Å². The Morgan fingerprint density at radius 3 is 3.00 bits per heavy atom. The summed E-state index contributed by atoms with van der Waals surface area (Å²) in [4.78, 5) is 0. The Bertz CT molecular complexity index is 78.1. The second kappa shape index (κ2) is 1.98. The van der Waals surface area contributed by atoms with Gasteiger partial charge in [0.15, 0.2) is 6.29 Å². The van der Waals surface area contributed by atoms with Crippen LogP contribution in [0.2, 0.25) is 0 Å². The van der Waals surface area contributed by atoms with Crippen molar-refractivity contribution in [3.05, 3.63) is 12.3 Å². The Labute approximate surface area is 42.4 Å². The average Bonchev–Trinajstić information content (AvgIpc) is 1.69. The average molecular weight is 99.1 g/mol. The van der Waals surface area contributed by atoms with E-state index in [9.17, 15) is 0 Å². The van der Waals surface area contributed by atoms with Crippen LogP contribution < -0.4 is 0 Å². The number of ether oxygens (including phenoxy) is 1. The second-order valence-electron chi connectivity index (χ2n) is 1.45. The molecule has 0 amide bonds. The summed E-state index contributed by atoms with van der Waals surface area (Å²) in [6.45, 7) is 0. The van der Waals surface area contributed by atoms with E-state index in [-0.39, 0.29) is 0 Å². The van der Waals surface area contributed by atoms with Gasteiger partial charge in [-0.2, -0.15) is 0 Å². The molecular weight excluding hydrogens is 92.1 g/mol. The van der Waals surface area contributed by atoms with Crippen molar-refractivity contribution in [3.8, 4) is 0 Å². The van der Waals surface area contributed by atoms with Crippen molar-refractivity contribution in [3.63, 3.8) is 0 Å². The van der Waals surface area contributed by atoms with Crippen molar-refractivity contribution in [1.82, 2.24) is 0 Å². The first kappa shape index (κ1) is 4.65. The maximum Gasteiger partial charge on any atom is 0.196 e. The molecule has 0 saturated heterocycles. The molecule has 0 bridgehead atoms. The highest BCUT2D eigenvalue weighted by Gasteiger charge is 2.03. The Morgan fingerprint density at radius 1 is 1.86 bits per heavy atom. The molecule has 0 spiro atoms. The molecule has 0 aromatic heterocycles. The molecule has 7 heavy (non-hydrogen) atoms. The molecule has 1 aliphatic heterocycles. The van der Waals surface area contributed by atoms with Gasteiger partial charge < -0.3 is 9.84 Å². The Kier molecular flexibility index (Phi) is 1.32. The minimum absolute atomic E-state index is 0.582. The first-order chi connectivity index (χ1) is 3.39. The quantitative estimate of drug-likeness (QED) is 0.477. The molecule has 0 saturated carbocycles. The molecule has 0 aromatic carbocycles. The van der Waals surface area contributed by atoms with Crippen molar-refractivity contribution in [1.29, 1.82) is 0 Å². The zero-order valence-electron chi connectivity index (χ0n) is 3.92. The maximum absolute atomic E-state index is 8.62. The van der Waals surface area contributed by atoms with Crippen LogP contribution >= 0.6 is 0 Å². The van der Waals surface area contributed by atoms with Crippen molar-refractivity contribution in [2.75, 3.05) is 0 Å². The fraction of sp³-hybridized carbons (Fsp3) is 0.600. The van der Waals surface area contributed by atoms with Crippen molar-refractivity contribution in [2.24, 2.45) is 0 Å². The van der Waals surface area contributed by atoms with Gasteiger partial charge in [-0.3, -0.25) is 0 Å². The largest absolute Gasteiger partial charge is 0.472 e. The van der Waals surface area contributed by atoms with Crippen LogP contribution in [0.4, 0.5) is 0 Å². The summed E-state index contributed by atoms with van der Waals surface area (Å²) >= 11 is 0. The molecule has 1 rings (SSSR count). The lowest BCUT2D eigenvalue weighted by atomic mass is 10.3. The molecule has 1 atom stereocenters. The van der Waals surface area contributed by atoms with Gasteiger partial charge in [-0.05, 0) is 12.5 Å². The van der Waals surface area contributed by atoms with Crippen molar-refractivity contribution in [2.45, 2.75) is 19.1 Å². The molecule has 39 valence electrons. The molecule has 1 radical (unpaired) electrons. The first-order valence-electron chi connectivity index (χ1n) is 2.28. The summed E-state index contributed by atoms with van der Waals surface area (Å²) in [6, 6.07) is 0. The van der Waals surface area contributed by atoms with Gasteiger partial charge in [-0.25, -0.2) is 0 Å². The Morgan fingerprint density at radius 2 is 2.71 bits per heavy atom. The van der Waals surface area contributed by atoms with Crippen molar-refractivity contribution < 1.29 is 9.84 Å². The van der Waals surface area contributed by atoms with Gasteiger partial charge in [0.1, 0.15) is 0 Å². The molecule has 0 aliphatic carbocycles. The summed E-state index contributed by atoms with van der Waals surface area (Å²) < 4.78 is 4.60. The van der Waals surface area contributed by atoms with Gasteiger partial charge in [0.25, 0.3) is 0 Å². The zero-order valence-corrected chi connectivity index (χ0v) is 3.92. The van der Waals surface area contributed by atoms with Crippen LogP contribution in [0.25, 0.3) is 0 Å². The van der Waals surface area contributed by atoms with E-state index in [2.05, 4.69) is 10.8 Å². The predicted octanol–water partition coefficient (Wildman–Crippen LogP) is 0.432. The number of hydrogen-bond acceptors (Lipinski definition) is 2. The van der Waals surface area contributed by atoms with Gasteiger partial charge in [-0.15, -0.1) is 0 Å². The van der Waals surface area contributed by atoms with Crippen molar-refractivity contribution >= 4 is 0 Å². The lowest BCUT2D eigenvalue weighted by Crippen LogP contribution is -2.10. The molecule has 1 aliphatic rings. The zero-order chi connectivity index (χ0) is 5.11. The highest BCUT2D eigenvalue weighted by Crippen LogP contribution is 2.04. The minimum Gasteiger partial charge on any atom is -0.472 e. The number of rotatable bonds is 0. The van der Waals surface area contributed by atoms with Gasteiger partial charge in [0, 0.05) is 6.42 Å². The molecule has 2 heteroatoms. The van der Waals surface area contributed by atoms with E-state index in [0.29, 0.717) is 6.42 Å². The number of allylic oxidation sites excluding steroid dienone is 1. The highest BCUT2D eigenvalue weighted by molar-refractivity contribution is 4.69. The predicted molar refractivity (Wildman–Crippen MR) is 24.1 cm³/mol. The number of aliphatic hydroxyl groups excluding tert-OH is 1. The third kappa shape index (κ3) is 1.20. The monoisotopic (exact) mass is 99.0 g/mol. The Hall–Kier alpha value is -0.500. The lowest BCUT2D eigenvalue weighted by molar-refractivity contribution is -0.0636. The SMILES string of the molecule is OC1CC[C]=CO1. The Balaban J connectivity index is 2.32. The van der Waals surface area contributed by atoms with E-state index in [1.807, 2.05) is 0 Å². The summed E-state index contributed by atoms with van der Waals surface area (Å²) in [5.74, 6) is 0. The fourth-order valence-electron chi connectivity index (χ4n) is 0.460. The van der Waals surface area contributed by atoms with Crippen LogP contribution in [0.1, 0.15) is 12.8 Å². The molecule has 0 aromatic rings. The molecule has 2 nitrogen and oxygen atoms in total. The second-order valence-corrected chi connectivity index (χ2v) is 1.45. The summed E-state index contributed by atoms with van der Waals surface area (Å²) in [6.07, 6.45) is 5.12. The van der Waals surface area contributed by atoms with E-state index in [1.165, 1.54) is 6.26 Å². The van der Waals surface area contributed by atoms with Gasteiger partial charge in [0.2, 0.25) is 0 Å². The van der Waals surface area contributed by atoms with Gasteiger partial charge >= 0.3 is 0 Å². The van der Waals surface area contributed by atoms with Crippen LogP contribution in [0.15, 0.2) is 6.26 Å². The summed E-state index contributed by atoms with van der Waals surface area (Å²) in [7, 11) is 0. The molecule has 1 heterocycles. The van der Waals surface area contributed by atoms with Crippen LogP contribution in [0.5, 0.6) is 0 Å². The normalized spacial score (nSPS) is 29.6. The third-order valence-corrected chi connectivity index (χ3v) is 0.844. The van der Waals surface area contributed by atoms with E-state index in [1.54, 1.807) is 0 Å². The number of hydrogen-bond donors (Lipinski definition) is 1. The molecule has 0 fully saturated rings. The summed E-state index contributed by atoms with van der Waals surface area (Å²) in [5, 5.41) is 8.62. The number of aliphatic hydroxyl groups is 1. The minimum atomic E-state index is -0.582. The third-order valence-electron chi connectivity index (χ3n) is 0.844. The first-order valence-corrected chi connectivity index (χ1v) is 2.28. The van der Waals surface area contributed by atoms with E-state index in [4.69, 9.17) is 5.11 Å². The molecular formula is C5H7O2. The lowest BCUT2D eigenvalue weighted by Gasteiger charge is -2.11. The van der Waals surface area contributed by atoms with Crippen LogP contribution in [0, 0.1) is 6.08 Å². The van der Waals surface area contributed by atoms with Crippen LogP contribution in [0.3, 0.4) is 0 Å². The maximum atomic E-state index is 8.62. The molecule has 1 unspecified atom stereocenters. The summed E-state index contributed by atoms with van der Waals surface area (Å²) in [5.41, 5.74) is 0. The fourth-order valence-corrected chi connectivity index (χ4v) is 0.460.